The minimum atomic E-state index is -7.45. The lowest BCUT2D eigenvalue weighted by Crippen LogP contribution is -2.86. The lowest BCUT2D eigenvalue weighted by Gasteiger charge is -2.51. The fraction of sp³-hybridized carbons (Fsp3) is 0.500. The smallest absolute Gasteiger partial charge is 0.384 e. The molecule has 16 heteroatoms. The number of unbranched alkanes of at least 4 members (excludes halogenated alkanes) is 1. The maximum Gasteiger partial charge on any atom is 0.384 e. The lowest BCUT2D eigenvalue weighted by molar-refractivity contribution is -0.475. The van der Waals surface area contributed by atoms with Gasteiger partial charge in [0, 0.05) is 10.1 Å². The van der Waals surface area contributed by atoms with Crippen molar-refractivity contribution >= 4 is 38.3 Å². The Morgan fingerprint density at radius 2 is 1.33 bits per heavy atom. The summed E-state index contributed by atoms with van der Waals surface area (Å²) in [5, 5.41) is -0.0630. The molecule has 0 saturated heterocycles. The predicted octanol–water partition coefficient (Wildman–Crippen LogP) is 6.70. The zero-order valence-corrected chi connectivity index (χ0v) is 18.5. The van der Waals surface area contributed by atoms with Gasteiger partial charge in [0.15, 0.2) is 0 Å². The van der Waals surface area contributed by atoms with E-state index >= 15 is 4.39 Å². The Bertz CT molecular complexity index is 1160. The molecule has 1 amide bonds. The summed E-state index contributed by atoms with van der Waals surface area (Å²) in [6, 6.07) is 5.15. The second-order valence-electron chi connectivity index (χ2n) is 7.78. The van der Waals surface area contributed by atoms with Crippen LogP contribution in [0.5, 0.6) is 0 Å². The standard InChI is InChI=1S/C20H14F11NO3S/c1-2-3-8-35-13(33)11-9-6-4-5-7-10(9)36-12(11)32-14(34)15(21)16(22,23)18(26,27)20(30,31)19(28,29)17(15,24)25/h4-7H,2-3,8H2,1H3,(H,32,34). The Balaban J connectivity index is 2.15. The molecule has 1 N–H and O–H groups in total. The van der Waals surface area contributed by atoms with Crippen LogP contribution in [0.4, 0.5) is 53.3 Å². The minimum absolute atomic E-state index is 0.0486. The molecule has 200 valence electrons. The van der Waals surface area contributed by atoms with E-state index < -0.39 is 57.7 Å². The fourth-order valence-electron chi connectivity index (χ4n) is 3.41. The van der Waals surface area contributed by atoms with Gasteiger partial charge in [-0.3, -0.25) is 4.79 Å². The quantitative estimate of drug-likeness (QED) is 0.245. The molecule has 1 heterocycles. The first kappa shape index (κ1) is 27.9. The van der Waals surface area contributed by atoms with Gasteiger partial charge < -0.3 is 10.1 Å². The van der Waals surface area contributed by atoms with Crippen molar-refractivity contribution < 1.29 is 62.6 Å². The molecular weight excluding hydrogens is 543 g/mol. The molecule has 2 aromatic rings. The Morgan fingerprint density at radius 3 is 1.86 bits per heavy atom. The zero-order valence-electron chi connectivity index (χ0n) is 17.7. The van der Waals surface area contributed by atoms with Crippen molar-refractivity contribution in [3.05, 3.63) is 29.8 Å². The molecule has 1 aliphatic carbocycles. The van der Waals surface area contributed by atoms with Gasteiger partial charge in [0.1, 0.15) is 10.6 Å². The summed E-state index contributed by atoms with van der Waals surface area (Å²) >= 11 is 0.270. The van der Waals surface area contributed by atoms with E-state index in [0.717, 1.165) is 5.32 Å². The molecule has 0 aliphatic heterocycles. The normalized spacial score (nSPS) is 22.7. The summed E-state index contributed by atoms with van der Waals surface area (Å²) in [4.78, 5) is 24.8. The number of thiophene rings is 1. The number of halogens is 11. The largest absolute Gasteiger partial charge is 0.462 e. The third kappa shape index (κ3) is 3.31. The summed E-state index contributed by atoms with van der Waals surface area (Å²) in [7, 11) is 0. The van der Waals surface area contributed by atoms with Crippen molar-refractivity contribution in [3.8, 4) is 0 Å². The summed E-state index contributed by atoms with van der Waals surface area (Å²) in [6.07, 6.45) is 0.850. The molecule has 36 heavy (non-hydrogen) atoms. The molecule has 0 atom stereocenters. The van der Waals surface area contributed by atoms with E-state index in [0.29, 0.717) is 12.8 Å². The van der Waals surface area contributed by atoms with Gasteiger partial charge in [-0.1, -0.05) is 31.5 Å². The molecule has 0 bridgehead atoms. The number of hydrogen-bond donors (Lipinski definition) is 1. The van der Waals surface area contributed by atoms with Crippen LogP contribution in [0.15, 0.2) is 24.3 Å². The first-order valence-electron chi connectivity index (χ1n) is 9.92. The molecule has 1 aromatic carbocycles. The van der Waals surface area contributed by atoms with Gasteiger partial charge in [-0.15, -0.1) is 11.3 Å². The Kier molecular flexibility index (Phi) is 6.55. The van der Waals surface area contributed by atoms with Crippen molar-refractivity contribution in [2.75, 3.05) is 11.9 Å². The van der Waals surface area contributed by atoms with Crippen molar-refractivity contribution in [1.29, 1.82) is 0 Å². The van der Waals surface area contributed by atoms with Crippen LogP contribution in [0.25, 0.3) is 10.1 Å². The Labute approximate surface area is 198 Å². The predicted molar refractivity (Wildman–Crippen MR) is 104 cm³/mol. The van der Waals surface area contributed by atoms with Crippen LogP contribution in [-0.4, -0.2) is 53.8 Å². The monoisotopic (exact) mass is 557 g/mol. The van der Waals surface area contributed by atoms with Crippen LogP contribution in [0, 0.1) is 0 Å². The molecule has 1 fully saturated rings. The Morgan fingerprint density at radius 1 is 0.833 bits per heavy atom. The lowest BCUT2D eigenvalue weighted by atomic mass is 9.71. The topological polar surface area (TPSA) is 55.4 Å². The summed E-state index contributed by atoms with van der Waals surface area (Å²) < 4.78 is 159. The van der Waals surface area contributed by atoms with E-state index in [1.54, 1.807) is 6.92 Å². The van der Waals surface area contributed by atoms with E-state index in [1.165, 1.54) is 24.3 Å². The van der Waals surface area contributed by atoms with Crippen LogP contribution >= 0.6 is 11.3 Å². The third-order valence-corrected chi connectivity index (χ3v) is 6.60. The van der Waals surface area contributed by atoms with Crippen LogP contribution in [0.3, 0.4) is 0 Å². The molecular formula is C20H14F11NO3S. The van der Waals surface area contributed by atoms with E-state index in [4.69, 9.17) is 4.74 Å². The fourth-order valence-corrected chi connectivity index (χ4v) is 4.50. The van der Waals surface area contributed by atoms with Crippen molar-refractivity contribution in [3.63, 3.8) is 0 Å². The average molecular weight is 557 g/mol. The summed E-state index contributed by atoms with van der Waals surface area (Å²) in [5.41, 5.74) is -7.59. The number of esters is 1. The molecule has 0 unspecified atom stereocenters. The first-order chi connectivity index (χ1) is 16.3. The molecule has 0 radical (unpaired) electrons. The number of rotatable bonds is 6. The molecule has 1 aromatic heterocycles. The number of carbonyl (C=O) groups excluding carboxylic acids is 2. The maximum atomic E-state index is 15.1. The molecule has 1 aliphatic rings. The van der Waals surface area contributed by atoms with Crippen molar-refractivity contribution in [2.24, 2.45) is 0 Å². The van der Waals surface area contributed by atoms with E-state index in [-0.39, 0.29) is 28.0 Å². The highest BCUT2D eigenvalue weighted by molar-refractivity contribution is 7.23. The van der Waals surface area contributed by atoms with Gasteiger partial charge in [0.25, 0.3) is 5.91 Å². The molecule has 4 nitrogen and oxygen atoms in total. The number of ether oxygens (including phenoxy) is 1. The van der Waals surface area contributed by atoms with Gasteiger partial charge in [-0.25, -0.2) is 9.18 Å². The van der Waals surface area contributed by atoms with Gasteiger partial charge in [0.2, 0.25) is 0 Å². The van der Waals surface area contributed by atoms with Crippen LogP contribution in [0.2, 0.25) is 0 Å². The second-order valence-corrected chi connectivity index (χ2v) is 8.83. The van der Waals surface area contributed by atoms with E-state index in [2.05, 4.69) is 0 Å². The number of amides is 1. The zero-order chi connectivity index (χ0) is 27.5. The molecule has 1 saturated carbocycles. The van der Waals surface area contributed by atoms with Crippen molar-refractivity contribution in [2.45, 2.75) is 55.0 Å². The number of alkyl halides is 11. The van der Waals surface area contributed by atoms with Crippen LogP contribution in [0.1, 0.15) is 30.1 Å². The highest BCUT2D eigenvalue weighted by Crippen LogP contribution is 2.69. The molecule has 3 rings (SSSR count). The van der Waals surface area contributed by atoms with Gasteiger partial charge in [-0.2, -0.15) is 43.9 Å². The average Bonchev–Trinajstić information content (AvgIpc) is 3.14. The number of fused-ring (bicyclic) bond motifs is 1. The first-order valence-corrected chi connectivity index (χ1v) is 10.7. The van der Waals surface area contributed by atoms with Gasteiger partial charge >= 0.3 is 41.3 Å². The van der Waals surface area contributed by atoms with Crippen LogP contribution < -0.4 is 5.32 Å². The van der Waals surface area contributed by atoms with Crippen LogP contribution in [-0.2, 0) is 9.53 Å². The number of hydrogen-bond acceptors (Lipinski definition) is 4. The number of benzene rings is 1. The van der Waals surface area contributed by atoms with E-state index in [1.807, 2.05) is 0 Å². The Hall–Kier alpha value is -2.65. The van der Waals surface area contributed by atoms with Gasteiger partial charge in [0.05, 0.1) is 6.61 Å². The minimum Gasteiger partial charge on any atom is -0.462 e. The summed E-state index contributed by atoms with van der Waals surface area (Å²) in [5.74, 6) is -41.8. The molecule has 0 spiro atoms. The van der Waals surface area contributed by atoms with Crippen molar-refractivity contribution in [1.82, 2.24) is 0 Å². The number of carbonyl (C=O) groups is 2. The number of nitrogens with one attached hydrogen (secondary N) is 1. The number of anilines is 1. The highest BCUT2D eigenvalue weighted by atomic mass is 32.1. The maximum absolute atomic E-state index is 15.1. The third-order valence-electron chi connectivity index (χ3n) is 5.51. The van der Waals surface area contributed by atoms with E-state index in [9.17, 15) is 53.5 Å². The SMILES string of the molecule is CCCCOC(=O)c1c(NC(=O)C2(F)C(F)(F)C(F)(F)C(F)(F)C(F)(F)C2(F)F)sc2ccccc12. The summed E-state index contributed by atoms with van der Waals surface area (Å²) in [6.45, 7) is 1.49. The second kappa shape index (κ2) is 8.45. The van der Waals surface area contributed by atoms with Gasteiger partial charge in [-0.05, 0) is 12.5 Å². The highest BCUT2D eigenvalue weighted by Gasteiger charge is 3.02.